The Hall–Kier alpha value is -2.63. The monoisotopic (exact) mass is 230 g/mol. The maximum atomic E-state index is 9.46. The zero-order chi connectivity index (χ0) is 12.3. The van der Waals surface area contributed by atoms with Crippen molar-refractivity contribution in [2.24, 2.45) is 4.99 Å². The number of nitrogen functional groups attached to an aromatic ring is 2. The largest absolute Gasteiger partial charge is 0.384 e. The predicted molar refractivity (Wildman–Crippen MR) is 64.1 cm³/mol. The molecule has 0 aliphatic rings. The van der Waals surface area contributed by atoms with E-state index in [9.17, 15) is 5.21 Å². The molecule has 2 heterocycles. The van der Waals surface area contributed by atoms with Gasteiger partial charge in [0.1, 0.15) is 17.7 Å². The molecule has 6 heteroatoms. The molecule has 0 aliphatic carbocycles. The summed E-state index contributed by atoms with van der Waals surface area (Å²) in [7, 11) is 0. The number of pyridine rings is 2. The van der Waals surface area contributed by atoms with Gasteiger partial charge in [0, 0.05) is 16.9 Å². The average molecular weight is 230 g/mol. The van der Waals surface area contributed by atoms with E-state index < -0.39 is 0 Å². The molecule has 0 aromatic carbocycles. The number of nitrogens with zero attached hydrogens (tertiary/aromatic N) is 3. The van der Waals surface area contributed by atoms with Gasteiger partial charge in [0.05, 0.1) is 0 Å². The molecule has 0 fully saturated rings. The molecule has 2 rings (SSSR count). The van der Waals surface area contributed by atoms with Crippen LogP contribution in [-0.4, -0.2) is 16.4 Å². The molecule has 0 saturated heterocycles. The minimum absolute atomic E-state index is 0.252. The van der Waals surface area contributed by atoms with Gasteiger partial charge in [-0.15, -0.1) is 0 Å². The van der Waals surface area contributed by atoms with Gasteiger partial charge in [-0.1, -0.05) is 0 Å². The van der Waals surface area contributed by atoms with Crippen LogP contribution in [0, 0.1) is 0 Å². The van der Waals surface area contributed by atoms with Crippen LogP contribution in [0.1, 0.15) is 5.69 Å². The number of nitrogens with two attached hydrogens (primary N) is 2. The summed E-state index contributed by atoms with van der Waals surface area (Å²) in [6.45, 7) is 0. The average Bonchev–Trinajstić information content (AvgIpc) is 2.30. The van der Waals surface area contributed by atoms with Gasteiger partial charge in [0.15, 0.2) is 5.82 Å². The van der Waals surface area contributed by atoms with Crippen molar-refractivity contribution in [1.29, 1.82) is 0 Å². The standard InChI is InChI=1S/C11H11N5O/c12-10-5-4-9(11(13)15-10)14-7-8-3-1-2-6-16(8)17/h1-7,17H,(H3,12,13,15)/p+1. The quantitative estimate of drug-likeness (QED) is 0.397. The molecule has 0 spiro atoms. The second-order valence-electron chi connectivity index (χ2n) is 3.37. The third-order valence-corrected chi connectivity index (χ3v) is 2.13. The first kappa shape index (κ1) is 10.9. The van der Waals surface area contributed by atoms with Gasteiger partial charge >= 0.3 is 0 Å². The first-order valence-corrected chi connectivity index (χ1v) is 4.93. The number of hydrogen-bond acceptors (Lipinski definition) is 5. The first-order valence-electron chi connectivity index (χ1n) is 4.93. The van der Waals surface area contributed by atoms with Crippen LogP contribution in [0.15, 0.2) is 41.5 Å². The highest BCUT2D eigenvalue weighted by atomic mass is 16.5. The summed E-state index contributed by atoms with van der Waals surface area (Å²) in [4.78, 5) is 8.01. The highest BCUT2D eigenvalue weighted by Gasteiger charge is 2.05. The van der Waals surface area contributed by atoms with Crippen molar-refractivity contribution in [3.05, 3.63) is 42.2 Å². The molecule has 0 aliphatic heterocycles. The zero-order valence-electron chi connectivity index (χ0n) is 8.99. The molecular weight excluding hydrogens is 218 g/mol. The van der Waals surface area contributed by atoms with Crippen molar-refractivity contribution >= 4 is 23.5 Å². The molecule has 0 unspecified atom stereocenters. The van der Waals surface area contributed by atoms with E-state index in [4.69, 9.17) is 11.5 Å². The summed E-state index contributed by atoms with van der Waals surface area (Å²) in [6.07, 6.45) is 3.00. The van der Waals surface area contributed by atoms with Crippen molar-refractivity contribution in [1.82, 2.24) is 4.98 Å². The van der Waals surface area contributed by atoms with Crippen LogP contribution in [0.2, 0.25) is 0 Å². The lowest BCUT2D eigenvalue weighted by atomic mass is 10.3. The summed E-state index contributed by atoms with van der Waals surface area (Å²) >= 11 is 0. The van der Waals surface area contributed by atoms with E-state index >= 15 is 0 Å². The van der Waals surface area contributed by atoms with Crippen molar-refractivity contribution < 1.29 is 9.94 Å². The fraction of sp³-hybridized carbons (Fsp3) is 0. The van der Waals surface area contributed by atoms with Crippen LogP contribution in [0.5, 0.6) is 0 Å². The number of aromatic nitrogens is 2. The molecule has 6 nitrogen and oxygen atoms in total. The molecule has 5 N–H and O–H groups in total. The molecule has 2 aromatic heterocycles. The van der Waals surface area contributed by atoms with Crippen LogP contribution >= 0.6 is 0 Å². The Morgan fingerprint density at radius 3 is 2.76 bits per heavy atom. The zero-order valence-corrected chi connectivity index (χ0v) is 8.99. The summed E-state index contributed by atoms with van der Waals surface area (Å²) in [5.41, 5.74) is 12.2. The molecule has 2 aromatic rings. The second-order valence-corrected chi connectivity index (χ2v) is 3.37. The summed E-state index contributed by atoms with van der Waals surface area (Å²) in [6, 6.07) is 8.49. The number of rotatable bonds is 2. The normalized spacial score (nSPS) is 10.8. The first-order chi connectivity index (χ1) is 8.16. The Morgan fingerprint density at radius 2 is 2.06 bits per heavy atom. The van der Waals surface area contributed by atoms with Crippen molar-refractivity contribution in [3.8, 4) is 0 Å². The minimum atomic E-state index is 0.252. The highest BCUT2D eigenvalue weighted by Crippen LogP contribution is 2.19. The third-order valence-electron chi connectivity index (χ3n) is 2.13. The topological polar surface area (TPSA) is 101 Å². The van der Waals surface area contributed by atoms with E-state index in [1.165, 1.54) is 12.4 Å². The van der Waals surface area contributed by atoms with Gasteiger partial charge in [-0.3, -0.25) is 5.21 Å². The van der Waals surface area contributed by atoms with Gasteiger partial charge in [-0.2, -0.15) is 0 Å². The summed E-state index contributed by atoms with van der Waals surface area (Å²) in [5.74, 6) is 0.597. The van der Waals surface area contributed by atoms with E-state index in [0.717, 1.165) is 4.73 Å². The Morgan fingerprint density at radius 1 is 1.24 bits per heavy atom. The fourth-order valence-electron chi connectivity index (χ4n) is 1.28. The SMILES string of the molecule is Nc1ccc(N=Cc2cccc[n+]2O)c(N)n1. The minimum Gasteiger partial charge on any atom is -0.384 e. The van der Waals surface area contributed by atoms with E-state index in [1.54, 1.807) is 30.3 Å². The van der Waals surface area contributed by atoms with Crippen LogP contribution in [0.4, 0.5) is 17.3 Å². The van der Waals surface area contributed by atoms with Gasteiger partial charge in [0.2, 0.25) is 6.20 Å². The smallest absolute Gasteiger partial charge is 0.275 e. The number of anilines is 2. The van der Waals surface area contributed by atoms with Crippen molar-refractivity contribution in [3.63, 3.8) is 0 Å². The highest BCUT2D eigenvalue weighted by molar-refractivity contribution is 5.79. The summed E-state index contributed by atoms with van der Waals surface area (Å²) in [5, 5.41) is 9.46. The van der Waals surface area contributed by atoms with Crippen LogP contribution < -0.4 is 16.2 Å². The molecule has 0 atom stereocenters. The van der Waals surface area contributed by atoms with Gasteiger partial charge in [-0.05, 0) is 18.2 Å². The molecule has 0 amide bonds. The lowest BCUT2D eigenvalue weighted by molar-refractivity contribution is -0.905. The molecule has 0 bridgehead atoms. The Balaban J connectivity index is 2.29. The Labute approximate surface area is 97.8 Å². The number of aliphatic imine (C=N–C) groups is 1. The van der Waals surface area contributed by atoms with Crippen molar-refractivity contribution in [2.45, 2.75) is 0 Å². The maximum absolute atomic E-state index is 9.46. The van der Waals surface area contributed by atoms with Crippen molar-refractivity contribution in [2.75, 3.05) is 11.5 Å². The summed E-state index contributed by atoms with van der Waals surface area (Å²) < 4.78 is 0.963. The fourth-order valence-corrected chi connectivity index (χ4v) is 1.28. The second kappa shape index (κ2) is 4.48. The van der Waals surface area contributed by atoms with Crippen LogP contribution in [0.25, 0.3) is 0 Å². The third kappa shape index (κ3) is 2.49. The lowest BCUT2D eigenvalue weighted by Crippen LogP contribution is -2.34. The molecular formula is C11H12N5O+. The van der Waals surface area contributed by atoms with Gasteiger partial charge in [0.25, 0.3) is 5.69 Å². The van der Waals surface area contributed by atoms with Crippen LogP contribution in [0.3, 0.4) is 0 Å². The van der Waals surface area contributed by atoms with Crippen LogP contribution in [-0.2, 0) is 0 Å². The molecule has 17 heavy (non-hydrogen) atoms. The van der Waals surface area contributed by atoms with Gasteiger partial charge < -0.3 is 11.5 Å². The predicted octanol–water partition coefficient (Wildman–Crippen LogP) is 0.521. The van der Waals surface area contributed by atoms with E-state index in [0.29, 0.717) is 17.2 Å². The Bertz CT molecular complexity index is 568. The van der Waals surface area contributed by atoms with E-state index in [1.807, 2.05) is 0 Å². The maximum Gasteiger partial charge on any atom is 0.275 e. The van der Waals surface area contributed by atoms with E-state index in [-0.39, 0.29) is 5.82 Å². The van der Waals surface area contributed by atoms with E-state index in [2.05, 4.69) is 9.98 Å². The Kier molecular flexibility index (Phi) is 2.87. The molecule has 0 radical (unpaired) electrons. The molecule has 86 valence electrons. The van der Waals surface area contributed by atoms with Gasteiger partial charge in [-0.25, -0.2) is 9.98 Å². The lowest BCUT2D eigenvalue weighted by Gasteiger charge is -1.98. The molecule has 0 saturated carbocycles. The number of hydrogen-bond donors (Lipinski definition) is 3.